The number of hydrogen-bond donors (Lipinski definition) is 3. The Balaban J connectivity index is 0.918. The summed E-state index contributed by atoms with van der Waals surface area (Å²) in [6.45, 7) is 1.05. The summed E-state index contributed by atoms with van der Waals surface area (Å²) in [7, 11) is -1.88. The molecule has 1 aliphatic carbocycles. The van der Waals surface area contributed by atoms with Crippen molar-refractivity contribution in [1.29, 1.82) is 5.26 Å². The van der Waals surface area contributed by atoms with Gasteiger partial charge in [0.1, 0.15) is 0 Å². The summed E-state index contributed by atoms with van der Waals surface area (Å²) in [5.74, 6) is -0.229. The minimum absolute atomic E-state index is 0.00418. The van der Waals surface area contributed by atoms with Gasteiger partial charge in [-0.1, -0.05) is 12.1 Å². The molecule has 2 aliphatic heterocycles. The zero-order valence-electron chi connectivity index (χ0n) is 29.0. The number of anilines is 1. The second-order valence-corrected chi connectivity index (χ2v) is 15.8. The second kappa shape index (κ2) is 15.0. The van der Waals surface area contributed by atoms with E-state index in [2.05, 4.69) is 50.0 Å². The van der Waals surface area contributed by atoms with E-state index in [9.17, 15) is 28.4 Å². The number of amides is 2. The quantitative estimate of drug-likeness (QED) is 0.200. The number of nitriles is 1. The van der Waals surface area contributed by atoms with E-state index in [4.69, 9.17) is 4.74 Å². The summed E-state index contributed by atoms with van der Waals surface area (Å²) >= 11 is 0. The van der Waals surface area contributed by atoms with Crippen LogP contribution in [0.15, 0.2) is 53.7 Å². The van der Waals surface area contributed by atoms with Gasteiger partial charge in [0.25, 0.3) is 0 Å². The molecular weight excluding hydrogens is 685 g/mol. The summed E-state index contributed by atoms with van der Waals surface area (Å²) < 4.78 is 36.8. The molecule has 14 nitrogen and oxygen atoms in total. The van der Waals surface area contributed by atoms with Crippen molar-refractivity contribution >= 4 is 38.7 Å². The van der Waals surface area contributed by atoms with Gasteiger partial charge in [-0.25, -0.2) is 18.4 Å². The minimum atomic E-state index is -3.76. The average Bonchev–Trinajstić information content (AvgIpc) is 3.48. The van der Waals surface area contributed by atoms with Crippen molar-refractivity contribution in [2.24, 2.45) is 7.05 Å². The molecule has 0 spiro atoms. The molecule has 1 atom stereocenters. The van der Waals surface area contributed by atoms with Gasteiger partial charge in [0.2, 0.25) is 27.8 Å². The Hall–Kier alpha value is -4.91. The first-order valence-corrected chi connectivity index (χ1v) is 19.3. The number of hydrogen-bond acceptors (Lipinski definition) is 11. The summed E-state index contributed by atoms with van der Waals surface area (Å²) in [5, 5.41) is 30.4. The summed E-state index contributed by atoms with van der Waals surface area (Å²) in [6.07, 6.45) is 8.74. The average molecular weight is 727 g/mol. The highest BCUT2D eigenvalue weighted by molar-refractivity contribution is 7.89. The number of nitrogens with one attached hydrogen (secondary N) is 2. The van der Waals surface area contributed by atoms with Crippen LogP contribution in [0.2, 0.25) is 0 Å². The lowest BCUT2D eigenvalue weighted by Crippen LogP contribution is -2.42. The third-order valence-electron chi connectivity index (χ3n) is 10.6. The van der Waals surface area contributed by atoms with Gasteiger partial charge in [-0.2, -0.15) is 14.7 Å². The number of ether oxygens (including phenoxy) is 1. The number of sulfonamides is 1. The third-order valence-corrected chi connectivity index (χ3v) is 12.5. The van der Waals surface area contributed by atoms with Gasteiger partial charge < -0.3 is 15.2 Å². The number of aromatic nitrogens is 4. The molecule has 2 aromatic carbocycles. The van der Waals surface area contributed by atoms with Gasteiger partial charge in [-0.15, -0.1) is 0 Å². The molecule has 3 fully saturated rings. The Bertz CT molecular complexity index is 2110. The van der Waals surface area contributed by atoms with E-state index < -0.39 is 15.9 Å². The molecule has 3 N–H and O–H groups in total. The van der Waals surface area contributed by atoms with Gasteiger partial charge in [0.15, 0.2) is 5.75 Å². The fourth-order valence-electron chi connectivity index (χ4n) is 7.68. The van der Waals surface area contributed by atoms with Gasteiger partial charge in [0.05, 0.1) is 58.8 Å². The molecule has 2 saturated heterocycles. The van der Waals surface area contributed by atoms with Crippen molar-refractivity contribution in [3.05, 3.63) is 71.2 Å². The largest absolute Gasteiger partial charge is 0.505 e. The van der Waals surface area contributed by atoms with Crippen LogP contribution in [0.4, 0.5) is 5.95 Å². The second-order valence-electron chi connectivity index (χ2n) is 13.9. The molecule has 2 amide bonds. The Kier molecular flexibility index (Phi) is 10.2. The van der Waals surface area contributed by atoms with Crippen molar-refractivity contribution in [2.75, 3.05) is 25.0 Å². The first-order valence-electron chi connectivity index (χ1n) is 17.8. The molecule has 15 heteroatoms. The lowest BCUT2D eigenvalue weighted by atomic mass is 9.82. The predicted octanol–water partition coefficient (Wildman–Crippen LogP) is 4.01. The number of rotatable bonds is 10. The van der Waals surface area contributed by atoms with E-state index in [0.29, 0.717) is 80.5 Å². The number of carbonyl (C=O) groups excluding carboxylic acids is 2. The molecule has 7 rings (SSSR count). The van der Waals surface area contributed by atoms with Gasteiger partial charge in [0, 0.05) is 38.0 Å². The van der Waals surface area contributed by atoms with E-state index in [-0.39, 0.29) is 34.6 Å². The molecule has 4 heterocycles. The Labute approximate surface area is 302 Å². The molecule has 1 saturated carbocycles. The minimum Gasteiger partial charge on any atom is -0.505 e. The Morgan fingerprint density at radius 3 is 2.48 bits per heavy atom. The number of nitrogens with zero attached hydrogens (tertiary/aromatic N) is 6. The number of aromatic hydroxyl groups is 1. The lowest BCUT2D eigenvalue weighted by Gasteiger charge is -2.31. The molecule has 0 radical (unpaired) electrons. The molecule has 2 aromatic heterocycles. The topological polar surface area (TPSA) is 192 Å². The lowest BCUT2D eigenvalue weighted by molar-refractivity contribution is -0.134. The van der Waals surface area contributed by atoms with Crippen LogP contribution in [0, 0.1) is 11.3 Å². The Morgan fingerprint density at radius 2 is 1.77 bits per heavy atom. The fraction of sp³-hybridized carbons (Fsp3) is 0.459. The van der Waals surface area contributed by atoms with Crippen LogP contribution < -0.4 is 10.6 Å². The maximum atomic E-state index is 13.6. The van der Waals surface area contributed by atoms with Crippen LogP contribution in [0.3, 0.4) is 0 Å². The van der Waals surface area contributed by atoms with Crippen LogP contribution in [-0.2, 0) is 37.8 Å². The van der Waals surface area contributed by atoms with Crippen LogP contribution in [-0.4, -0.2) is 81.2 Å². The first kappa shape index (κ1) is 35.5. The molecule has 4 aromatic rings. The maximum absolute atomic E-state index is 13.6. The van der Waals surface area contributed by atoms with Crippen molar-refractivity contribution in [1.82, 2.24) is 29.4 Å². The smallest absolute Gasteiger partial charge is 0.243 e. The molecule has 1 unspecified atom stereocenters. The zero-order chi connectivity index (χ0) is 36.4. The molecule has 0 bridgehead atoms. The summed E-state index contributed by atoms with van der Waals surface area (Å²) in [4.78, 5) is 32.4. The maximum Gasteiger partial charge on any atom is 0.243 e. The van der Waals surface area contributed by atoms with Gasteiger partial charge in [-0.05, 0) is 92.7 Å². The predicted molar refractivity (Wildman–Crippen MR) is 191 cm³/mol. The number of carbonyl (C=O) groups is 2. The van der Waals surface area contributed by atoms with E-state index in [1.165, 1.54) is 28.3 Å². The number of benzene rings is 2. The molecule has 52 heavy (non-hydrogen) atoms. The van der Waals surface area contributed by atoms with E-state index in [1.807, 2.05) is 11.7 Å². The summed E-state index contributed by atoms with van der Waals surface area (Å²) in [5.41, 5.74) is 4.00. The molecule has 272 valence electrons. The van der Waals surface area contributed by atoms with E-state index in [0.717, 1.165) is 36.6 Å². The van der Waals surface area contributed by atoms with Crippen molar-refractivity contribution in [3.63, 3.8) is 0 Å². The first-order chi connectivity index (χ1) is 25.1. The summed E-state index contributed by atoms with van der Waals surface area (Å²) in [6, 6.07) is 13.2. The monoisotopic (exact) mass is 726 g/mol. The number of piperidine rings is 2. The SMILES string of the molecule is Cn1nc(C2CCC(=O)NC2=O)c2ccc(C3CCC(OCCc4cc(S(=O)(=O)N5CCC(Nc6ncc(O)cn6)CC5)ccc4C#N)CC3)cc21. The van der Waals surface area contributed by atoms with Crippen molar-refractivity contribution in [3.8, 4) is 11.8 Å². The van der Waals surface area contributed by atoms with Crippen LogP contribution in [0.1, 0.15) is 85.6 Å². The Morgan fingerprint density at radius 1 is 1.02 bits per heavy atom. The molecular formula is C37H42N8O6S. The zero-order valence-corrected chi connectivity index (χ0v) is 29.8. The number of aryl methyl sites for hydroxylation is 1. The van der Waals surface area contributed by atoms with E-state index >= 15 is 0 Å². The molecule has 3 aliphatic rings. The highest BCUT2D eigenvalue weighted by Crippen LogP contribution is 2.37. The third kappa shape index (κ3) is 7.50. The van der Waals surface area contributed by atoms with Crippen molar-refractivity contribution in [2.45, 2.75) is 86.7 Å². The van der Waals surface area contributed by atoms with Crippen molar-refractivity contribution < 1.29 is 27.9 Å². The highest BCUT2D eigenvalue weighted by Gasteiger charge is 2.33. The van der Waals surface area contributed by atoms with Crippen LogP contribution in [0.25, 0.3) is 10.9 Å². The normalized spacial score (nSPS) is 21.9. The van der Waals surface area contributed by atoms with E-state index in [1.54, 1.807) is 12.1 Å². The fourth-order valence-corrected chi connectivity index (χ4v) is 9.20. The van der Waals surface area contributed by atoms with Gasteiger partial charge in [-0.3, -0.25) is 19.6 Å². The van der Waals surface area contributed by atoms with Crippen LogP contribution >= 0.6 is 0 Å². The van der Waals surface area contributed by atoms with Crippen LogP contribution in [0.5, 0.6) is 5.75 Å². The van der Waals surface area contributed by atoms with Gasteiger partial charge >= 0.3 is 0 Å². The number of fused-ring (bicyclic) bond motifs is 1. The highest BCUT2D eigenvalue weighted by atomic mass is 32.2. The number of imide groups is 1. The standard InChI is InChI=1S/C37H42N8O6S/c1-44-33-19-24(5-9-31(33)35(43-44)32-10-11-34(47)42-36(32)48)23-2-6-29(7-3-23)51-17-14-25-18-30(8-4-26(25)20-38)52(49,50)45-15-12-27(13-16-45)41-37-39-21-28(46)22-40-37/h4-5,8-9,18-19,21-23,27,29,32,46H,2-3,6-7,10-17H2,1H3,(H,39,40,41)(H,42,47,48).